The Bertz CT molecular complexity index is 425. The molecule has 1 aliphatic carbocycles. The first-order valence-electron chi connectivity index (χ1n) is 8.51. The summed E-state index contributed by atoms with van der Waals surface area (Å²) in [5.74, 6) is 2.87. The van der Waals surface area contributed by atoms with E-state index in [4.69, 9.17) is 9.15 Å². The minimum atomic E-state index is 0.440. The Morgan fingerprint density at radius 2 is 2.19 bits per heavy atom. The maximum atomic E-state index is 6.14. The largest absolute Gasteiger partial charge is 0.465 e. The molecule has 0 aromatic carbocycles. The maximum absolute atomic E-state index is 6.14. The van der Waals surface area contributed by atoms with Gasteiger partial charge in [0.05, 0.1) is 19.3 Å². The molecule has 120 valence electrons. The Morgan fingerprint density at radius 1 is 1.38 bits per heavy atom. The predicted molar refractivity (Wildman–Crippen MR) is 86.2 cm³/mol. The first kappa shape index (κ1) is 16.6. The van der Waals surface area contributed by atoms with Crippen LogP contribution in [0.3, 0.4) is 0 Å². The quantitative estimate of drug-likeness (QED) is 0.799. The molecule has 1 aliphatic rings. The Labute approximate surface area is 129 Å². The minimum Gasteiger partial charge on any atom is -0.465 e. The van der Waals surface area contributed by atoms with Gasteiger partial charge in [0.25, 0.3) is 0 Å². The highest BCUT2D eigenvalue weighted by atomic mass is 16.5. The number of ether oxygens (including phenoxy) is 1. The molecule has 3 nitrogen and oxygen atoms in total. The zero-order chi connectivity index (χ0) is 15.2. The van der Waals surface area contributed by atoms with Crippen LogP contribution in [-0.2, 0) is 17.9 Å². The highest BCUT2D eigenvalue weighted by Gasteiger charge is 2.21. The molecule has 21 heavy (non-hydrogen) atoms. The highest BCUT2D eigenvalue weighted by molar-refractivity contribution is 5.20. The average molecular weight is 293 g/mol. The number of furan rings is 1. The molecule has 0 amide bonds. The number of nitrogens with one attached hydrogen (secondary N) is 1. The zero-order valence-corrected chi connectivity index (χ0v) is 14.1. The van der Waals surface area contributed by atoms with Crippen LogP contribution in [0.15, 0.2) is 10.5 Å². The van der Waals surface area contributed by atoms with Gasteiger partial charge in [-0.15, -0.1) is 0 Å². The van der Waals surface area contributed by atoms with Crippen molar-refractivity contribution in [1.82, 2.24) is 5.32 Å². The Kier molecular flexibility index (Phi) is 6.31. The van der Waals surface area contributed by atoms with Crippen LogP contribution in [0.5, 0.6) is 0 Å². The minimum absolute atomic E-state index is 0.440. The molecule has 0 saturated heterocycles. The van der Waals surface area contributed by atoms with Crippen LogP contribution < -0.4 is 5.32 Å². The van der Waals surface area contributed by atoms with E-state index in [1.807, 2.05) is 6.92 Å². The smallest absolute Gasteiger partial charge is 0.118 e. The molecule has 1 heterocycles. The normalized spacial score (nSPS) is 22.9. The highest BCUT2D eigenvalue weighted by Crippen LogP contribution is 2.29. The van der Waals surface area contributed by atoms with E-state index in [1.165, 1.54) is 37.7 Å². The molecule has 3 heteroatoms. The first-order valence-corrected chi connectivity index (χ1v) is 8.51. The van der Waals surface area contributed by atoms with Crippen LogP contribution in [-0.4, -0.2) is 12.1 Å². The second-order valence-corrected chi connectivity index (χ2v) is 6.70. The van der Waals surface area contributed by atoms with Gasteiger partial charge >= 0.3 is 0 Å². The summed E-state index contributed by atoms with van der Waals surface area (Å²) in [7, 11) is 0. The van der Waals surface area contributed by atoms with Crippen LogP contribution in [0.2, 0.25) is 0 Å². The summed E-state index contributed by atoms with van der Waals surface area (Å²) in [5.41, 5.74) is 1.20. The van der Waals surface area contributed by atoms with Crippen molar-refractivity contribution in [3.63, 3.8) is 0 Å². The molecule has 1 aromatic rings. The van der Waals surface area contributed by atoms with Gasteiger partial charge < -0.3 is 14.5 Å². The van der Waals surface area contributed by atoms with Crippen molar-refractivity contribution in [3.05, 3.63) is 23.2 Å². The summed E-state index contributed by atoms with van der Waals surface area (Å²) < 4.78 is 11.9. The molecule has 2 unspecified atom stereocenters. The molecule has 1 aromatic heterocycles. The summed E-state index contributed by atoms with van der Waals surface area (Å²) in [5, 5.41) is 3.39. The molecular weight excluding hydrogens is 262 g/mol. The number of rotatable bonds is 7. The molecule has 0 radical (unpaired) electrons. The van der Waals surface area contributed by atoms with E-state index < -0.39 is 0 Å². The van der Waals surface area contributed by atoms with E-state index in [1.54, 1.807) is 0 Å². The summed E-state index contributed by atoms with van der Waals surface area (Å²) in [6, 6.07) is 2.62. The van der Waals surface area contributed by atoms with Crippen molar-refractivity contribution >= 4 is 0 Å². The van der Waals surface area contributed by atoms with Crippen LogP contribution >= 0.6 is 0 Å². The lowest BCUT2D eigenvalue weighted by molar-refractivity contribution is 0.00134. The van der Waals surface area contributed by atoms with Gasteiger partial charge in [0.15, 0.2) is 0 Å². The van der Waals surface area contributed by atoms with Crippen molar-refractivity contribution in [1.29, 1.82) is 0 Å². The van der Waals surface area contributed by atoms with Gasteiger partial charge in [0.1, 0.15) is 11.5 Å². The van der Waals surface area contributed by atoms with E-state index in [0.717, 1.165) is 24.0 Å². The Hall–Kier alpha value is -0.800. The van der Waals surface area contributed by atoms with Gasteiger partial charge in [-0.3, -0.25) is 0 Å². The van der Waals surface area contributed by atoms with Gasteiger partial charge in [0, 0.05) is 11.6 Å². The van der Waals surface area contributed by atoms with E-state index in [9.17, 15) is 0 Å². The number of hydrogen-bond acceptors (Lipinski definition) is 3. The van der Waals surface area contributed by atoms with Crippen molar-refractivity contribution in [2.45, 2.75) is 85.1 Å². The maximum Gasteiger partial charge on any atom is 0.118 e. The predicted octanol–water partition coefficient (Wildman–Crippen LogP) is 4.57. The molecule has 1 N–H and O–H groups in total. The fourth-order valence-electron chi connectivity index (χ4n) is 3.09. The third-order valence-electron chi connectivity index (χ3n) is 4.54. The Morgan fingerprint density at radius 3 is 2.90 bits per heavy atom. The molecule has 2 rings (SSSR count). The van der Waals surface area contributed by atoms with Crippen LogP contribution in [0.1, 0.15) is 70.0 Å². The average Bonchev–Trinajstić information content (AvgIpc) is 2.83. The molecule has 0 bridgehead atoms. The summed E-state index contributed by atoms with van der Waals surface area (Å²) >= 11 is 0. The van der Waals surface area contributed by atoms with E-state index >= 15 is 0 Å². The molecule has 0 aliphatic heterocycles. The van der Waals surface area contributed by atoms with Gasteiger partial charge in [-0.25, -0.2) is 0 Å². The molecule has 1 saturated carbocycles. The Balaban J connectivity index is 1.82. The van der Waals surface area contributed by atoms with Crippen LogP contribution in [0, 0.1) is 12.8 Å². The van der Waals surface area contributed by atoms with Crippen LogP contribution in [0.25, 0.3) is 0 Å². The first-order chi connectivity index (χ1) is 10.1. The third kappa shape index (κ3) is 5.15. The van der Waals surface area contributed by atoms with Gasteiger partial charge in [0.2, 0.25) is 0 Å². The lowest BCUT2D eigenvalue weighted by atomic mass is 9.85. The van der Waals surface area contributed by atoms with Crippen molar-refractivity contribution in [3.8, 4) is 0 Å². The van der Waals surface area contributed by atoms with Crippen LogP contribution in [0.4, 0.5) is 0 Å². The lowest BCUT2D eigenvalue weighted by Crippen LogP contribution is -2.22. The standard InChI is InChI=1S/C18H31NO2/c1-5-15-7-6-8-17(9-15)20-12-16-10-18(21-14(16)4)11-19-13(2)3/h10,13,15,17,19H,5-9,11-12H2,1-4H3. The molecule has 2 atom stereocenters. The van der Waals surface area contributed by atoms with Crippen molar-refractivity contribution in [2.24, 2.45) is 5.92 Å². The zero-order valence-electron chi connectivity index (χ0n) is 14.1. The van der Waals surface area contributed by atoms with Crippen molar-refractivity contribution in [2.75, 3.05) is 0 Å². The molecular formula is C18H31NO2. The van der Waals surface area contributed by atoms with Gasteiger partial charge in [-0.05, 0) is 31.7 Å². The summed E-state index contributed by atoms with van der Waals surface area (Å²) in [6.45, 7) is 10.1. The van der Waals surface area contributed by atoms with E-state index in [-0.39, 0.29) is 0 Å². The SMILES string of the molecule is CCC1CCCC(OCc2cc(CNC(C)C)oc2C)C1. The second-order valence-electron chi connectivity index (χ2n) is 6.70. The molecule has 1 fully saturated rings. The summed E-state index contributed by atoms with van der Waals surface area (Å²) in [6.07, 6.45) is 6.87. The fraction of sp³-hybridized carbons (Fsp3) is 0.778. The fourth-order valence-corrected chi connectivity index (χ4v) is 3.09. The number of hydrogen-bond donors (Lipinski definition) is 1. The van der Waals surface area contributed by atoms with Crippen molar-refractivity contribution < 1.29 is 9.15 Å². The third-order valence-corrected chi connectivity index (χ3v) is 4.54. The lowest BCUT2D eigenvalue weighted by Gasteiger charge is -2.28. The topological polar surface area (TPSA) is 34.4 Å². The van der Waals surface area contributed by atoms with Gasteiger partial charge in [-0.1, -0.05) is 40.0 Å². The number of aryl methyl sites for hydroxylation is 1. The second kappa shape index (κ2) is 8.00. The molecule has 0 spiro atoms. The van der Waals surface area contributed by atoms with E-state index in [2.05, 4.69) is 32.2 Å². The monoisotopic (exact) mass is 293 g/mol. The van der Waals surface area contributed by atoms with E-state index in [0.29, 0.717) is 18.8 Å². The van der Waals surface area contributed by atoms with Gasteiger partial charge in [-0.2, -0.15) is 0 Å². The summed E-state index contributed by atoms with van der Waals surface area (Å²) in [4.78, 5) is 0.